The van der Waals surface area contributed by atoms with Gasteiger partial charge in [-0.25, -0.2) is 4.98 Å². The van der Waals surface area contributed by atoms with Crippen molar-refractivity contribution < 1.29 is 0 Å². The lowest BCUT2D eigenvalue weighted by Gasteiger charge is -2.22. The molecule has 0 bridgehead atoms. The SMILES string of the molecule is O=c1[nH]c(CN2CCC[C@@H]2c2cccs2)nc2ccccc12. The Bertz CT molecular complexity index is 840. The maximum absolute atomic E-state index is 12.2. The van der Waals surface area contributed by atoms with E-state index in [-0.39, 0.29) is 5.56 Å². The maximum atomic E-state index is 12.2. The summed E-state index contributed by atoms with van der Waals surface area (Å²) in [4.78, 5) is 23.5. The number of rotatable bonds is 3. The second kappa shape index (κ2) is 5.66. The molecule has 0 spiro atoms. The van der Waals surface area contributed by atoms with Crippen LogP contribution in [0.4, 0.5) is 0 Å². The molecule has 1 atom stereocenters. The number of hydrogen-bond donors (Lipinski definition) is 1. The van der Waals surface area contributed by atoms with Gasteiger partial charge >= 0.3 is 0 Å². The van der Waals surface area contributed by atoms with Crippen LogP contribution in [-0.2, 0) is 6.54 Å². The lowest BCUT2D eigenvalue weighted by atomic mass is 10.2. The van der Waals surface area contributed by atoms with Crippen molar-refractivity contribution >= 4 is 22.2 Å². The number of H-pyrrole nitrogens is 1. The van der Waals surface area contributed by atoms with Crippen LogP contribution in [0.25, 0.3) is 10.9 Å². The second-order valence-electron chi connectivity index (χ2n) is 5.67. The minimum absolute atomic E-state index is 0.0486. The molecular weight excluding hydrogens is 294 g/mol. The van der Waals surface area contributed by atoms with E-state index in [1.54, 1.807) is 11.3 Å². The molecule has 1 N–H and O–H groups in total. The highest BCUT2D eigenvalue weighted by Crippen LogP contribution is 2.35. The summed E-state index contributed by atoms with van der Waals surface area (Å²) in [6, 6.07) is 12.3. The van der Waals surface area contributed by atoms with Crippen molar-refractivity contribution in [2.45, 2.75) is 25.4 Å². The van der Waals surface area contributed by atoms with Crippen LogP contribution < -0.4 is 5.56 Å². The van der Waals surface area contributed by atoms with Gasteiger partial charge in [-0.05, 0) is 43.0 Å². The summed E-state index contributed by atoms with van der Waals surface area (Å²) < 4.78 is 0. The Morgan fingerprint density at radius 1 is 1.27 bits per heavy atom. The molecule has 1 aromatic carbocycles. The van der Waals surface area contributed by atoms with Crippen molar-refractivity contribution in [2.75, 3.05) is 6.54 Å². The van der Waals surface area contributed by atoms with Gasteiger partial charge in [0, 0.05) is 10.9 Å². The number of fused-ring (bicyclic) bond motifs is 1. The number of para-hydroxylation sites is 1. The monoisotopic (exact) mass is 311 g/mol. The summed E-state index contributed by atoms with van der Waals surface area (Å²) in [7, 11) is 0. The molecule has 5 heteroatoms. The molecule has 1 aliphatic rings. The Morgan fingerprint density at radius 3 is 3.05 bits per heavy atom. The van der Waals surface area contributed by atoms with Crippen LogP contribution in [0.5, 0.6) is 0 Å². The molecule has 0 amide bonds. The molecule has 0 radical (unpaired) electrons. The zero-order chi connectivity index (χ0) is 14.9. The Hall–Kier alpha value is -1.98. The van der Waals surface area contributed by atoms with Gasteiger partial charge in [0.05, 0.1) is 17.4 Å². The summed E-state index contributed by atoms with van der Waals surface area (Å²) in [5.74, 6) is 0.757. The fourth-order valence-electron chi connectivity index (χ4n) is 3.22. The zero-order valence-corrected chi connectivity index (χ0v) is 13.0. The topological polar surface area (TPSA) is 49.0 Å². The van der Waals surface area contributed by atoms with Crippen molar-refractivity contribution in [3.8, 4) is 0 Å². The summed E-state index contributed by atoms with van der Waals surface area (Å²) in [5.41, 5.74) is 0.723. The van der Waals surface area contributed by atoms with Crippen molar-refractivity contribution in [2.24, 2.45) is 0 Å². The molecule has 1 fully saturated rings. The number of benzene rings is 1. The normalized spacial score (nSPS) is 19.0. The lowest BCUT2D eigenvalue weighted by molar-refractivity contribution is 0.245. The van der Waals surface area contributed by atoms with Gasteiger partial charge in [-0.3, -0.25) is 9.69 Å². The van der Waals surface area contributed by atoms with Crippen LogP contribution in [-0.4, -0.2) is 21.4 Å². The first-order valence-electron chi connectivity index (χ1n) is 7.56. The summed E-state index contributed by atoms with van der Waals surface area (Å²) in [6.45, 7) is 1.75. The predicted molar refractivity (Wildman–Crippen MR) is 89.1 cm³/mol. The molecule has 4 rings (SSSR count). The van der Waals surface area contributed by atoms with Gasteiger partial charge in [0.2, 0.25) is 0 Å². The summed E-state index contributed by atoms with van der Waals surface area (Å²) in [6.07, 6.45) is 2.37. The van der Waals surface area contributed by atoms with E-state index >= 15 is 0 Å². The molecule has 0 aliphatic carbocycles. The van der Waals surface area contributed by atoms with Crippen molar-refractivity contribution in [1.29, 1.82) is 0 Å². The Balaban J connectivity index is 1.64. The smallest absolute Gasteiger partial charge is 0.258 e. The number of aromatic amines is 1. The zero-order valence-electron chi connectivity index (χ0n) is 12.2. The van der Waals surface area contributed by atoms with Crippen molar-refractivity contribution in [1.82, 2.24) is 14.9 Å². The van der Waals surface area contributed by atoms with Crippen LogP contribution in [0, 0.1) is 0 Å². The standard InChI is InChI=1S/C17H17N3OS/c21-17-12-5-1-2-6-13(12)18-16(19-17)11-20-9-3-7-14(20)15-8-4-10-22-15/h1-2,4-6,8,10,14H,3,7,9,11H2,(H,18,19,21)/t14-/m1/s1. The molecule has 0 unspecified atom stereocenters. The van der Waals surface area contributed by atoms with Gasteiger partial charge in [0.15, 0.2) is 0 Å². The van der Waals surface area contributed by atoms with Crippen LogP contribution in [0.15, 0.2) is 46.6 Å². The number of hydrogen-bond acceptors (Lipinski definition) is 4. The van der Waals surface area contributed by atoms with Crippen LogP contribution >= 0.6 is 11.3 Å². The second-order valence-corrected chi connectivity index (χ2v) is 6.65. The Labute approximate surface area is 132 Å². The quantitative estimate of drug-likeness (QED) is 0.807. The van der Waals surface area contributed by atoms with E-state index in [4.69, 9.17) is 0 Å². The fraction of sp³-hybridized carbons (Fsp3) is 0.294. The van der Waals surface area contributed by atoms with Gasteiger partial charge < -0.3 is 4.98 Å². The number of nitrogens with one attached hydrogen (secondary N) is 1. The number of likely N-dealkylation sites (tertiary alicyclic amines) is 1. The van der Waals surface area contributed by atoms with E-state index in [9.17, 15) is 4.79 Å². The highest BCUT2D eigenvalue weighted by Gasteiger charge is 2.27. The molecular formula is C17H17N3OS. The molecule has 22 heavy (non-hydrogen) atoms. The average molecular weight is 311 g/mol. The van der Waals surface area contributed by atoms with Gasteiger partial charge in [-0.15, -0.1) is 11.3 Å². The first kappa shape index (κ1) is 13.7. The third-order valence-corrected chi connectivity index (χ3v) is 5.22. The Kier molecular flexibility index (Phi) is 3.52. The van der Waals surface area contributed by atoms with E-state index in [0.717, 1.165) is 17.9 Å². The van der Waals surface area contributed by atoms with Crippen LogP contribution in [0.3, 0.4) is 0 Å². The lowest BCUT2D eigenvalue weighted by Crippen LogP contribution is -2.25. The van der Waals surface area contributed by atoms with Gasteiger partial charge in [-0.2, -0.15) is 0 Å². The largest absolute Gasteiger partial charge is 0.309 e. The first-order chi connectivity index (χ1) is 10.8. The minimum atomic E-state index is -0.0486. The number of nitrogens with zero attached hydrogens (tertiary/aromatic N) is 2. The fourth-order valence-corrected chi connectivity index (χ4v) is 4.12. The number of aromatic nitrogens is 2. The highest BCUT2D eigenvalue weighted by atomic mass is 32.1. The molecule has 3 aromatic rings. The summed E-state index contributed by atoms with van der Waals surface area (Å²) >= 11 is 1.81. The van der Waals surface area contributed by atoms with Gasteiger partial charge in [0.1, 0.15) is 5.82 Å². The minimum Gasteiger partial charge on any atom is -0.309 e. The maximum Gasteiger partial charge on any atom is 0.258 e. The summed E-state index contributed by atoms with van der Waals surface area (Å²) in [5, 5.41) is 2.78. The van der Waals surface area contributed by atoms with Gasteiger partial charge in [0.25, 0.3) is 5.56 Å². The Morgan fingerprint density at radius 2 is 2.18 bits per heavy atom. The van der Waals surface area contributed by atoms with E-state index in [1.165, 1.54) is 17.7 Å². The molecule has 3 heterocycles. The highest BCUT2D eigenvalue weighted by molar-refractivity contribution is 7.10. The molecule has 112 valence electrons. The third kappa shape index (κ3) is 2.46. The average Bonchev–Trinajstić information content (AvgIpc) is 3.18. The predicted octanol–water partition coefficient (Wildman–Crippen LogP) is 3.32. The molecule has 4 nitrogen and oxygen atoms in total. The van der Waals surface area contributed by atoms with E-state index < -0.39 is 0 Å². The number of thiophene rings is 1. The van der Waals surface area contributed by atoms with Crippen LogP contribution in [0.2, 0.25) is 0 Å². The molecule has 2 aromatic heterocycles. The third-order valence-electron chi connectivity index (χ3n) is 4.25. The first-order valence-corrected chi connectivity index (χ1v) is 8.44. The van der Waals surface area contributed by atoms with E-state index in [2.05, 4.69) is 32.4 Å². The van der Waals surface area contributed by atoms with E-state index in [0.29, 0.717) is 18.0 Å². The molecule has 1 aliphatic heterocycles. The van der Waals surface area contributed by atoms with Crippen LogP contribution in [0.1, 0.15) is 29.6 Å². The molecule has 1 saturated heterocycles. The van der Waals surface area contributed by atoms with Crippen molar-refractivity contribution in [3.63, 3.8) is 0 Å². The van der Waals surface area contributed by atoms with Gasteiger partial charge in [-0.1, -0.05) is 18.2 Å². The molecule has 0 saturated carbocycles. The van der Waals surface area contributed by atoms with E-state index in [1.807, 2.05) is 24.3 Å². The van der Waals surface area contributed by atoms with Crippen molar-refractivity contribution in [3.05, 3.63) is 62.8 Å².